The Kier molecular flexibility index (Phi) is 6.35. The quantitative estimate of drug-likeness (QED) is 0.249. The lowest BCUT2D eigenvalue weighted by molar-refractivity contribution is -0.143. The van der Waals surface area contributed by atoms with Crippen molar-refractivity contribution in [2.45, 2.75) is 44.1 Å². The maximum absolute atomic E-state index is 13.7. The SMILES string of the molecule is O=C(NCCCn1nc(C(F)(F)F)cc1C1CC1)c1cc2nc(-c3ccc(F)cc3)cc(C(F)(F)F)n2n1. The van der Waals surface area contributed by atoms with Crippen molar-refractivity contribution in [1.82, 2.24) is 29.7 Å². The van der Waals surface area contributed by atoms with Crippen LogP contribution in [0, 0.1) is 5.82 Å². The molecule has 1 saturated carbocycles. The summed E-state index contributed by atoms with van der Waals surface area (Å²) >= 11 is 0. The van der Waals surface area contributed by atoms with Crippen LogP contribution in [0.1, 0.15) is 52.8 Å². The number of amides is 1. The van der Waals surface area contributed by atoms with Crippen LogP contribution in [0.3, 0.4) is 0 Å². The van der Waals surface area contributed by atoms with Crippen molar-refractivity contribution >= 4 is 11.6 Å². The summed E-state index contributed by atoms with van der Waals surface area (Å²) in [7, 11) is 0. The third-order valence-electron chi connectivity index (χ3n) is 6.02. The number of aromatic nitrogens is 5. The number of alkyl halides is 6. The Hall–Kier alpha value is -3.97. The lowest BCUT2D eigenvalue weighted by atomic mass is 10.1. The molecule has 0 atom stereocenters. The van der Waals surface area contributed by atoms with Gasteiger partial charge < -0.3 is 5.32 Å². The smallest absolute Gasteiger partial charge is 0.351 e. The van der Waals surface area contributed by atoms with Crippen LogP contribution in [-0.4, -0.2) is 36.8 Å². The van der Waals surface area contributed by atoms with Crippen molar-refractivity contribution in [3.05, 3.63) is 71.1 Å². The summed E-state index contributed by atoms with van der Waals surface area (Å²) in [6, 6.07) is 7.62. The molecule has 38 heavy (non-hydrogen) atoms. The van der Waals surface area contributed by atoms with Crippen LogP contribution < -0.4 is 5.32 Å². The second kappa shape index (κ2) is 9.40. The van der Waals surface area contributed by atoms with Gasteiger partial charge in [-0.1, -0.05) is 0 Å². The second-order valence-electron chi connectivity index (χ2n) is 8.89. The van der Waals surface area contributed by atoms with Crippen LogP contribution in [0.15, 0.2) is 42.5 Å². The van der Waals surface area contributed by atoms with E-state index in [-0.39, 0.29) is 48.0 Å². The monoisotopic (exact) mass is 540 g/mol. The van der Waals surface area contributed by atoms with Crippen molar-refractivity contribution in [2.75, 3.05) is 6.54 Å². The van der Waals surface area contributed by atoms with Gasteiger partial charge in [-0.25, -0.2) is 13.9 Å². The number of fused-ring (bicyclic) bond motifs is 1. The van der Waals surface area contributed by atoms with Gasteiger partial charge in [-0.05, 0) is 55.7 Å². The van der Waals surface area contributed by atoms with E-state index in [1.165, 1.54) is 16.8 Å². The van der Waals surface area contributed by atoms with Crippen LogP contribution >= 0.6 is 0 Å². The zero-order valence-corrected chi connectivity index (χ0v) is 19.4. The highest BCUT2D eigenvalue weighted by Gasteiger charge is 2.38. The minimum Gasteiger partial charge on any atom is -0.351 e. The highest BCUT2D eigenvalue weighted by molar-refractivity contribution is 5.93. The minimum absolute atomic E-state index is 0.0262. The zero-order chi connectivity index (χ0) is 27.2. The molecule has 0 radical (unpaired) electrons. The molecule has 1 fully saturated rings. The molecular weight excluding hydrogens is 521 g/mol. The van der Waals surface area contributed by atoms with Crippen LogP contribution in [0.4, 0.5) is 30.7 Å². The third-order valence-corrected chi connectivity index (χ3v) is 6.02. The molecule has 200 valence electrons. The number of nitrogens with zero attached hydrogens (tertiary/aromatic N) is 5. The second-order valence-corrected chi connectivity index (χ2v) is 8.89. The lowest BCUT2D eigenvalue weighted by Crippen LogP contribution is -2.26. The Morgan fingerprint density at radius 1 is 0.974 bits per heavy atom. The fourth-order valence-electron chi connectivity index (χ4n) is 4.03. The maximum Gasteiger partial charge on any atom is 0.435 e. The van der Waals surface area contributed by atoms with E-state index in [2.05, 4.69) is 20.5 Å². The van der Waals surface area contributed by atoms with Crippen LogP contribution in [0.5, 0.6) is 0 Å². The largest absolute Gasteiger partial charge is 0.435 e. The molecule has 0 aliphatic heterocycles. The van der Waals surface area contributed by atoms with E-state index in [1.807, 2.05) is 0 Å². The summed E-state index contributed by atoms with van der Waals surface area (Å²) in [4.78, 5) is 16.7. The van der Waals surface area contributed by atoms with Crippen molar-refractivity contribution in [2.24, 2.45) is 0 Å². The Labute approximate surface area is 210 Å². The van der Waals surface area contributed by atoms with E-state index in [4.69, 9.17) is 0 Å². The van der Waals surface area contributed by atoms with Gasteiger partial charge in [0.05, 0.1) is 5.69 Å². The molecule has 5 rings (SSSR count). The van der Waals surface area contributed by atoms with E-state index in [0.29, 0.717) is 10.2 Å². The van der Waals surface area contributed by atoms with Gasteiger partial charge in [0, 0.05) is 36.3 Å². The molecule has 1 aliphatic rings. The predicted molar refractivity (Wildman–Crippen MR) is 120 cm³/mol. The lowest BCUT2D eigenvalue weighted by Gasteiger charge is -2.11. The van der Waals surface area contributed by atoms with Crippen LogP contribution in [0.2, 0.25) is 0 Å². The molecular formula is C24H19F7N6O. The number of carbonyl (C=O) groups is 1. The first-order valence-corrected chi connectivity index (χ1v) is 11.6. The van der Waals surface area contributed by atoms with Gasteiger partial charge in [0.1, 0.15) is 5.82 Å². The summed E-state index contributed by atoms with van der Waals surface area (Å²) in [5, 5.41) is 9.92. The first-order valence-electron chi connectivity index (χ1n) is 11.6. The highest BCUT2D eigenvalue weighted by Crippen LogP contribution is 2.42. The fourth-order valence-corrected chi connectivity index (χ4v) is 4.03. The number of rotatable bonds is 7. The average molecular weight is 540 g/mol. The Bertz CT molecular complexity index is 1480. The van der Waals surface area contributed by atoms with Gasteiger partial charge in [-0.15, -0.1) is 0 Å². The van der Waals surface area contributed by atoms with Crippen molar-refractivity contribution in [3.63, 3.8) is 0 Å². The highest BCUT2D eigenvalue weighted by atomic mass is 19.4. The molecule has 0 bridgehead atoms. The Morgan fingerprint density at radius 3 is 2.32 bits per heavy atom. The standard InChI is InChI=1S/C24H19F7N6O/c25-15-6-4-13(5-7-15)16-10-20(24(29,30)31)37-21(33-16)11-17(34-37)22(38)32-8-1-9-36-18(14-2-3-14)12-19(35-36)23(26,27)28/h4-7,10-12,14H,1-3,8-9H2,(H,32,38). The van der Waals surface area contributed by atoms with Crippen molar-refractivity contribution in [1.29, 1.82) is 0 Å². The first-order chi connectivity index (χ1) is 17.9. The topological polar surface area (TPSA) is 77.1 Å². The number of nitrogens with one attached hydrogen (secondary N) is 1. The van der Waals surface area contributed by atoms with Gasteiger partial charge >= 0.3 is 12.4 Å². The number of carbonyl (C=O) groups excluding carboxylic acids is 1. The summed E-state index contributed by atoms with van der Waals surface area (Å²) in [6.45, 7) is 0.145. The predicted octanol–water partition coefficient (Wildman–Crippen LogP) is 5.47. The molecule has 1 aliphatic carbocycles. The molecule has 0 unspecified atom stereocenters. The molecule has 1 amide bonds. The molecule has 7 nitrogen and oxygen atoms in total. The number of aryl methyl sites for hydroxylation is 1. The third kappa shape index (κ3) is 5.34. The molecule has 0 spiro atoms. The molecule has 3 heterocycles. The number of halogens is 7. The summed E-state index contributed by atoms with van der Waals surface area (Å²) in [5.74, 6) is -1.31. The van der Waals surface area contributed by atoms with Gasteiger partial charge in [-0.3, -0.25) is 9.48 Å². The molecule has 4 aromatic rings. The number of benzene rings is 1. The van der Waals surface area contributed by atoms with E-state index in [0.717, 1.165) is 43.2 Å². The zero-order valence-electron chi connectivity index (χ0n) is 19.4. The molecule has 3 aromatic heterocycles. The number of hydrogen-bond donors (Lipinski definition) is 1. The van der Waals surface area contributed by atoms with E-state index in [9.17, 15) is 35.5 Å². The van der Waals surface area contributed by atoms with Gasteiger partial charge in [-0.2, -0.15) is 36.5 Å². The summed E-state index contributed by atoms with van der Waals surface area (Å²) in [5.41, 5.74) is -2.06. The van der Waals surface area contributed by atoms with Crippen molar-refractivity contribution < 1.29 is 35.5 Å². The van der Waals surface area contributed by atoms with Gasteiger partial charge in [0.2, 0.25) is 0 Å². The van der Waals surface area contributed by atoms with E-state index in [1.54, 1.807) is 0 Å². The molecule has 1 N–H and O–H groups in total. The van der Waals surface area contributed by atoms with Gasteiger partial charge in [0.25, 0.3) is 5.91 Å². The summed E-state index contributed by atoms with van der Waals surface area (Å²) < 4.78 is 95.4. The van der Waals surface area contributed by atoms with Crippen molar-refractivity contribution in [3.8, 4) is 11.3 Å². The normalized spacial score (nSPS) is 14.3. The minimum atomic E-state index is -4.83. The molecule has 14 heteroatoms. The fraction of sp³-hybridized carbons (Fsp3) is 0.333. The first kappa shape index (κ1) is 25.7. The van der Waals surface area contributed by atoms with Crippen LogP contribution in [-0.2, 0) is 18.9 Å². The van der Waals surface area contributed by atoms with Gasteiger partial charge in [0.15, 0.2) is 22.7 Å². The molecule has 0 saturated heterocycles. The Morgan fingerprint density at radius 2 is 1.68 bits per heavy atom. The van der Waals surface area contributed by atoms with Crippen LogP contribution in [0.25, 0.3) is 16.9 Å². The Balaban J connectivity index is 1.31. The van der Waals surface area contributed by atoms with E-state index >= 15 is 0 Å². The average Bonchev–Trinajstić information content (AvgIpc) is 3.43. The molecule has 1 aromatic carbocycles. The summed E-state index contributed by atoms with van der Waals surface area (Å²) in [6.07, 6.45) is -7.59. The number of hydrogen-bond acceptors (Lipinski definition) is 4. The van der Waals surface area contributed by atoms with E-state index < -0.39 is 35.5 Å². The maximum atomic E-state index is 13.7.